The molecule has 19 heavy (non-hydrogen) atoms. The lowest BCUT2D eigenvalue weighted by atomic mass is 10.1. The molecule has 0 spiro atoms. The second-order valence-electron chi connectivity index (χ2n) is 3.42. The fourth-order valence-corrected chi connectivity index (χ4v) is 2.04. The minimum absolute atomic E-state index is 0.0959. The maximum absolute atomic E-state index is 12.6. The Hall–Kier alpha value is -1.38. The van der Waals surface area contributed by atoms with Crippen LogP contribution in [0.5, 0.6) is 0 Å². The molecule has 0 fully saturated rings. The third kappa shape index (κ3) is 4.66. The van der Waals surface area contributed by atoms with Crippen LogP contribution in [0.15, 0.2) is 23.1 Å². The van der Waals surface area contributed by atoms with Gasteiger partial charge in [-0.15, -0.1) is 11.8 Å². The SMILES string of the molecule is O=C(O)c1ccc(C(F)(F)F)c(SCC(F)(F)F)c1. The van der Waals surface area contributed by atoms with Crippen LogP contribution in [0.2, 0.25) is 0 Å². The van der Waals surface area contributed by atoms with Gasteiger partial charge in [-0.05, 0) is 18.2 Å². The molecule has 2 nitrogen and oxygen atoms in total. The number of benzene rings is 1. The number of alkyl halides is 6. The molecule has 1 aromatic rings. The van der Waals surface area contributed by atoms with Gasteiger partial charge in [-0.3, -0.25) is 0 Å². The molecule has 0 unspecified atom stereocenters. The highest BCUT2D eigenvalue weighted by molar-refractivity contribution is 7.99. The first-order valence-corrected chi connectivity index (χ1v) is 5.63. The maximum Gasteiger partial charge on any atom is 0.417 e. The van der Waals surface area contributed by atoms with E-state index in [4.69, 9.17) is 5.11 Å². The normalized spacial score (nSPS) is 12.5. The van der Waals surface area contributed by atoms with Crippen molar-refractivity contribution in [2.24, 2.45) is 0 Å². The molecule has 0 saturated carbocycles. The molecule has 0 aromatic heterocycles. The summed E-state index contributed by atoms with van der Waals surface area (Å²) in [6.07, 6.45) is -9.49. The van der Waals surface area contributed by atoms with Crippen molar-refractivity contribution in [2.45, 2.75) is 17.2 Å². The van der Waals surface area contributed by atoms with Gasteiger partial charge in [0.2, 0.25) is 0 Å². The first-order valence-electron chi connectivity index (χ1n) is 4.65. The molecule has 0 radical (unpaired) electrons. The van der Waals surface area contributed by atoms with Gasteiger partial charge in [0.15, 0.2) is 0 Å². The van der Waals surface area contributed by atoms with Gasteiger partial charge in [0.25, 0.3) is 0 Å². The van der Waals surface area contributed by atoms with E-state index in [0.29, 0.717) is 18.2 Å². The topological polar surface area (TPSA) is 37.3 Å². The van der Waals surface area contributed by atoms with Crippen LogP contribution in [0.1, 0.15) is 15.9 Å². The van der Waals surface area contributed by atoms with Gasteiger partial charge in [-0.2, -0.15) is 26.3 Å². The highest BCUT2D eigenvalue weighted by Gasteiger charge is 2.35. The lowest BCUT2D eigenvalue weighted by Gasteiger charge is -2.14. The van der Waals surface area contributed by atoms with E-state index in [2.05, 4.69) is 0 Å². The number of hydrogen-bond acceptors (Lipinski definition) is 2. The van der Waals surface area contributed by atoms with Crippen LogP contribution < -0.4 is 0 Å². The largest absolute Gasteiger partial charge is 0.478 e. The van der Waals surface area contributed by atoms with Gasteiger partial charge >= 0.3 is 18.3 Å². The van der Waals surface area contributed by atoms with E-state index in [1.54, 1.807) is 0 Å². The first kappa shape index (κ1) is 15.7. The summed E-state index contributed by atoms with van der Waals surface area (Å²) in [6.45, 7) is 0. The number of thioether (sulfide) groups is 1. The second-order valence-corrected chi connectivity index (χ2v) is 4.43. The average molecular weight is 304 g/mol. The summed E-state index contributed by atoms with van der Waals surface area (Å²) in [5.74, 6) is -3.04. The van der Waals surface area contributed by atoms with Crippen LogP contribution in [0.4, 0.5) is 26.3 Å². The molecule has 0 aliphatic carbocycles. The zero-order valence-electron chi connectivity index (χ0n) is 8.97. The van der Waals surface area contributed by atoms with Crippen LogP contribution in [-0.2, 0) is 6.18 Å². The van der Waals surface area contributed by atoms with Crippen molar-refractivity contribution in [3.05, 3.63) is 29.3 Å². The minimum atomic E-state index is -4.84. The van der Waals surface area contributed by atoms with Crippen molar-refractivity contribution in [3.63, 3.8) is 0 Å². The van der Waals surface area contributed by atoms with E-state index in [1.165, 1.54) is 0 Å². The Bertz CT molecular complexity index is 480. The lowest BCUT2D eigenvalue weighted by Crippen LogP contribution is -2.13. The van der Waals surface area contributed by atoms with Gasteiger partial charge in [-0.25, -0.2) is 4.79 Å². The molecule has 1 rings (SSSR count). The Morgan fingerprint density at radius 3 is 2.16 bits per heavy atom. The molecule has 9 heteroatoms. The molecule has 0 atom stereocenters. The molecule has 0 aliphatic rings. The van der Waals surface area contributed by atoms with E-state index in [0.717, 1.165) is 0 Å². The van der Waals surface area contributed by atoms with Gasteiger partial charge in [-0.1, -0.05) is 0 Å². The Morgan fingerprint density at radius 2 is 1.74 bits per heavy atom. The van der Waals surface area contributed by atoms with Crippen molar-refractivity contribution in [1.82, 2.24) is 0 Å². The van der Waals surface area contributed by atoms with Crippen LogP contribution in [0.3, 0.4) is 0 Å². The summed E-state index contributed by atoms with van der Waals surface area (Å²) in [7, 11) is 0. The summed E-state index contributed by atoms with van der Waals surface area (Å²) >= 11 is -0.0959. The van der Waals surface area contributed by atoms with Gasteiger partial charge in [0, 0.05) is 4.90 Å². The van der Waals surface area contributed by atoms with Crippen LogP contribution >= 0.6 is 11.8 Å². The predicted molar refractivity (Wildman–Crippen MR) is 55.2 cm³/mol. The molecular weight excluding hydrogens is 298 g/mol. The highest BCUT2D eigenvalue weighted by atomic mass is 32.2. The molecule has 1 aromatic carbocycles. The van der Waals surface area contributed by atoms with Gasteiger partial charge in [0.05, 0.1) is 16.9 Å². The molecule has 106 valence electrons. The zero-order chi connectivity index (χ0) is 14.8. The number of rotatable bonds is 3. The molecule has 0 saturated heterocycles. The molecule has 1 N–H and O–H groups in total. The van der Waals surface area contributed by atoms with E-state index in [-0.39, 0.29) is 11.8 Å². The maximum atomic E-state index is 12.6. The summed E-state index contributed by atoms with van der Waals surface area (Å²) in [5.41, 5.74) is -1.79. The number of carboxylic acids is 1. The fourth-order valence-electron chi connectivity index (χ4n) is 1.17. The molecule has 0 heterocycles. The number of hydrogen-bond donors (Lipinski definition) is 1. The number of carbonyl (C=O) groups is 1. The van der Waals surface area contributed by atoms with Gasteiger partial charge in [0.1, 0.15) is 0 Å². The number of carboxylic acid groups (broad SMARTS) is 1. The second kappa shape index (κ2) is 5.32. The quantitative estimate of drug-likeness (QED) is 0.676. The van der Waals surface area contributed by atoms with Crippen molar-refractivity contribution >= 4 is 17.7 Å². The monoisotopic (exact) mass is 304 g/mol. The van der Waals surface area contributed by atoms with Gasteiger partial charge < -0.3 is 5.11 Å². The summed E-state index contributed by atoms with van der Waals surface area (Å²) in [5, 5.41) is 8.62. The fraction of sp³-hybridized carbons (Fsp3) is 0.300. The Kier molecular flexibility index (Phi) is 4.39. The summed E-state index contributed by atoms with van der Waals surface area (Å²) in [6, 6.07) is 1.74. The van der Waals surface area contributed by atoms with Crippen LogP contribution in [0, 0.1) is 0 Å². The third-order valence-corrected chi connectivity index (χ3v) is 3.05. The van der Waals surface area contributed by atoms with E-state index < -0.39 is 40.1 Å². The Balaban J connectivity index is 3.15. The average Bonchev–Trinajstić information content (AvgIpc) is 2.23. The third-order valence-electron chi connectivity index (χ3n) is 1.93. The molecule has 0 amide bonds. The minimum Gasteiger partial charge on any atom is -0.478 e. The predicted octanol–water partition coefficient (Wildman–Crippen LogP) is 4.06. The Labute approximate surface area is 107 Å². The van der Waals surface area contributed by atoms with E-state index >= 15 is 0 Å². The molecule has 0 bridgehead atoms. The zero-order valence-corrected chi connectivity index (χ0v) is 9.79. The van der Waals surface area contributed by atoms with Crippen LogP contribution in [0.25, 0.3) is 0 Å². The van der Waals surface area contributed by atoms with Crippen molar-refractivity contribution < 1.29 is 36.2 Å². The number of halogens is 6. The number of aromatic carboxylic acids is 1. The highest BCUT2D eigenvalue weighted by Crippen LogP contribution is 2.38. The van der Waals surface area contributed by atoms with Crippen molar-refractivity contribution in [1.29, 1.82) is 0 Å². The smallest absolute Gasteiger partial charge is 0.417 e. The van der Waals surface area contributed by atoms with Crippen molar-refractivity contribution in [2.75, 3.05) is 5.75 Å². The molecule has 0 aliphatic heterocycles. The van der Waals surface area contributed by atoms with Crippen LogP contribution in [-0.4, -0.2) is 23.0 Å². The first-order chi connectivity index (χ1) is 8.50. The summed E-state index contributed by atoms with van der Waals surface area (Å²) < 4.78 is 73.7. The van der Waals surface area contributed by atoms with E-state index in [9.17, 15) is 31.1 Å². The Morgan fingerprint density at radius 1 is 1.16 bits per heavy atom. The lowest BCUT2D eigenvalue weighted by molar-refractivity contribution is -0.139. The standard InChI is InChI=1S/C10H6F6O2S/c11-9(12,13)4-19-7-3-5(8(17)18)1-2-6(7)10(14,15)16/h1-3H,4H2,(H,17,18). The van der Waals surface area contributed by atoms with E-state index in [1.807, 2.05) is 0 Å². The molecular formula is C10H6F6O2S. The van der Waals surface area contributed by atoms with Crippen molar-refractivity contribution in [3.8, 4) is 0 Å². The summed E-state index contributed by atoms with van der Waals surface area (Å²) in [4.78, 5) is 9.84.